The molecule has 0 saturated heterocycles. The Hall–Kier alpha value is -1.91. The maximum atomic E-state index is 4.19. The number of aromatic amines is 1. The molecule has 1 aromatic carbocycles. The molecule has 2 aromatic rings. The third-order valence-electron chi connectivity index (χ3n) is 2.44. The van der Waals surface area contributed by atoms with Crippen LogP contribution in [0.1, 0.15) is 13.8 Å². The zero-order valence-corrected chi connectivity index (χ0v) is 9.51. The monoisotopic (exact) mass is 217 g/mol. The summed E-state index contributed by atoms with van der Waals surface area (Å²) in [6.07, 6.45) is 1.78. The number of nitrogens with one attached hydrogen (secondary N) is 1. The van der Waals surface area contributed by atoms with Gasteiger partial charge in [0.15, 0.2) is 0 Å². The minimum atomic E-state index is 0.848. The van der Waals surface area contributed by atoms with E-state index in [1.807, 2.05) is 23.2 Å². The molecule has 5 heteroatoms. The van der Waals surface area contributed by atoms with E-state index in [1.165, 1.54) is 0 Å². The van der Waals surface area contributed by atoms with Crippen molar-refractivity contribution in [3.05, 3.63) is 24.4 Å². The molecule has 2 rings (SSSR count). The average molecular weight is 217 g/mol. The van der Waals surface area contributed by atoms with E-state index in [4.69, 9.17) is 0 Å². The summed E-state index contributed by atoms with van der Waals surface area (Å²) in [7, 11) is 0. The second-order valence-electron chi connectivity index (χ2n) is 3.47. The molecule has 0 spiro atoms. The van der Waals surface area contributed by atoms with Gasteiger partial charge in [-0.15, -0.1) is 5.11 Å². The molecule has 84 valence electrons. The van der Waals surface area contributed by atoms with Crippen molar-refractivity contribution in [3.8, 4) is 0 Å². The van der Waals surface area contributed by atoms with Gasteiger partial charge in [-0.3, -0.25) is 10.1 Å². The predicted octanol–water partition coefficient (Wildman–Crippen LogP) is 2.90. The van der Waals surface area contributed by atoms with E-state index in [0.29, 0.717) is 0 Å². The van der Waals surface area contributed by atoms with Crippen LogP contribution in [-0.4, -0.2) is 28.3 Å². The van der Waals surface area contributed by atoms with Crippen LogP contribution in [0, 0.1) is 0 Å². The highest BCUT2D eigenvalue weighted by Gasteiger charge is 1.97. The summed E-state index contributed by atoms with van der Waals surface area (Å²) in [5.41, 5.74) is 1.86. The molecule has 0 aliphatic carbocycles. The van der Waals surface area contributed by atoms with Crippen LogP contribution in [0.15, 0.2) is 34.7 Å². The Balaban J connectivity index is 2.20. The second kappa shape index (κ2) is 4.74. The highest BCUT2D eigenvalue weighted by Crippen LogP contribution is 2.19. The summed E-state index contributed by atoms with van der Waals surface area (Å²) in [6.45, 7) is 5.85. The molecule has 0 unspecified atom stereocenters. The standard InChI is InChI=1S/C11H15N5/c1-3-16(4-2)15-13-10-5-6-11-9(7-10)8-12-14-11/h5-8H,3-4H2,1-2H3,(H,12,14). The van der Waals surface area contributed by atoms with Gasteiger partial charge in [-0.2, -0.15) is 5.10 Å². The predicted molar refractivity (Wildman–Crippen MR) is 63.5 cm³/mol. The first-order valence-electron chi connectivity index (χ1n) is 5.43. The fraction of sp³-hybridized carbons (Fsp3) is 0.364. The quantitative estimate of drug-likeness (QED) is 0.632. The topological polar surface area (TPSA) is 56.6 Å². The molecule has 0 atom stereocenters. The largest absolute Gasteiger partial charge is 0.279 e. The number of aromatic nitrogens is 2. The van der Waals surface area contributed by atoms with Gasteiger partial charge in [0.25, 0.3) is 0 Å². The molecule has 16 heavy (non-hydrogen) atoms. The Kier molecular flexibility index (Phi) is 3.14. The second-order valence-corrected chi connectivity index (χ2v) is 3.47. The Morgan fingerprint density at radius 2 is 2.12 bits per heavy atom. The van der Waals surface area contributed by atoms with E-state index < -0.39 is 0 Å². The SMILES string of the molecule is CCN(CC)N=Nc1ccc2[nH]ncc2c1. The lowest BCUT2D eigenvalue weighted by Gasteiger charge is -2.10. The van der Waals surface area contributed by atoms with Crippen molar-refractivity contribution in [2.24, 2.45) is 10.3 Å². The van der Waals surface area contributed by atoms with Gasteiger partial charge in [0.05, 0.1) is 17.4 Å². The van der Waals surface area contributed by atoms with Crippen LogP contribution in [0.4, 0.5) is 5.69 Å². The number of benzene rings is 1. The van der Waals surface area contributed by atoms with Gasteiger partial charge < -0.3 is 0 Å². The molecule has 0 bridgehead atoms. The number of nitrogens with zero attached hydrogens (tertiary/aromatic N) is 4. The summed E-state index contributed by atoms with van der Waals surface area (Å²) in [6, 6.07) is 5.85. The van der Waals surface area contributed by atoms with E-state index in [0.717, 1.165) is 29.7 Å². The van der Waals surface area contributed by atoms with Gasteiger partial charge in [0, 0.05) is 18.5 Å². The Bertz CT molecular complexity index is 484. The van der Waals surface area contributed by atoms with Crippen LogP contribution in [0.25, 0.3) is 10.9 Å². The molecule has 0 saturated carbocycles. The van der Waals surface area contributed by atoms with E-state index in [9.17, 15) is 0 Å². The van der Waals surface area contributed by atoms with E-state index in [2.05, 4.69) is 34.4 Å². The third-order valence-corrected chi connectivity index (χ3v) is 2.44. The van der Waals surface area contributed by atoms with Crippen molar-refractivity contribution >= 4 is 16.6 Å². The lowest BCUT2D eigenvalue weighted by atomic mass is 10.2. The lowest BCUT2D eigenvalue weighted by Crippen LogP contribution is -2.14. The minimum Gasteiger partial charge on any atom is -0.279 e. The number of H-pyrrole nitrogens is 1. The minimum absolute atomic E-state index is 0.848. The molecule has 1 aromatic heterocycles. The molecule has 0 amide bonds. The molecule has 0 radical (unpaired) electrons. The molecule has 5 nitrogen and oxygen atoms in total. The van der Waals surface area contributed by atoms with Crippen molar-refractivity contribution in [3.63, 3.8) is 0 Å². The molecular formula is C11H15N5. The van der Waals surface area contributed by atoms with Crippen molar-refractivity contribution in [1.29, 1.82) is 0 Å². The van der Waals surface area contributed by atoms with Crippen LogP contribution in [0.5, 0.6) is 0 Å². The van der Waals surface area contributed by atoms with Crippen LogP contribution < -0.4 is 0 Å². The number of hydrogen-bond acceptors (Lipinski definition) is 3. The maximum Gasteiger partial charge on any atom is 0.0882 e. The maximum absolute atomic E-state index is 4.19. The number of hydrogen-bond donors (Lipinski definition) is 1. The van der Waals surface area contributed by atoms with Crippen molar-refractivity contribution in [2.75, 3.05) is 13.1 Å². The van der Waals surface area contributed by atoms with Crippen molar-refractivity contribution in [1.82, 2.24) is 15.2 Å². The van der Waals surface area contributed by atoms with Gasteiger partial charge >= 0.3 is 0 Å². The van der Waals surface area contributed by atoms with Crippen molar-refractivity contribution < 1.29 is 0 Å². The first-order valence-corrected chi connectivity index (χ1v) is 5.43. The Labute approximate surface area is 94.1 Å². The van der Waals surface area contributed by atoms with Crippen molar-refractivity contribution in [2.45, 2.75) is 13.8 Å². The van der Waals surface area contributed by atoms with Gasteiger partial charge in [-0.1, -0.05) is 5.22 Å². The Morgan fingerprint density at radius 1 is 1.31 bits per heavy atom. The summed E-state index contributed by atoms with van der Waals surface area (Å²) in [4.78, 5) is 0. The summed E-state index contributed by atoms with van der Waals surface area (Å²) in [5, 5.41) is 18.2. The summed E-state index contributed by atoms with van der Waals surface area (Å²) in [5.74, 6) is 0. The zero-order chi connectivity index (χ0) is 11.4. The highest BCUT2D eigenvalue weighted by molar-refractivity contribution is 5.80. The lowest BCUT2D eigenvalue weighted by molar-refractivity contribution is 0.301. The molecule has 1 heterocycles. The van der Waals surface area contributed by atoms with Crippen LogP contribution in [0.3, 0.4) is 0 Å². The van der Waals surface area contributed by atoms with Gasteiger partial charge in [-0.05, 0) is 32.0 Å². The molecule has 1 N–H and O–H groups in total. The summed E-state index contributed by atoms with van der Waals surface area (Å²) < 4.78 is 0. The van der Waals surface area contributed by atoms with Crippen LogP contribution >= 0.6 is 0 Å². The van der Waals surface area contributed by atoms with E-state index >= 15 is 0 Å². The first-order chi connectivity index (χ1) is 7.83. The van der Waals surface area contributed by atoms with Gasteiger partial charge in [-0.25, -0.2) is 0 Å². The van der Waals surface area contributed by atoms with Crippen LogP contribution in [0.2, 0.25) is 0 Å². The fourth-order valence-electron chi connectivity index (χ4n) is 1.46. The zero-order valence-electron chi connectivity index (χ0n) is 9.51. The molecule has 0 aliphatic heterocycles. The van der Waals surface area contributed by atoms with Gasteiger partial charge in [0.1, 0.15) is 0 Å². The Morgan fingerprint density at radius 3 is 2.88 bits per heavy atom. The number of fused-ring (bicyclic) bond motifs is 1. The fourth-order valence-corrected chi connectivity index (χ4v) is 1.46. The first kappa shape index (κ1) is 10.6. The smallest absolute Gasteiger partial charge is 0.0882 e. The summed E-state index contributed by atoms with van der Waals surface area (Å²) >= 11 is 0. The number of rotatable bonds is 4. The third kappa shape index (κ3) is 2.18. The normalized spacial score (nSPS) is 11.4. The molecule has 0 fully saturated rings. The molecule has 0 aliphatic rings. The van der Waals surface area contributed by atoms with Crippen LogP contribution in [-0.2, 0) is 0 Å². The highest BCUT2D eigenvalue weighted by atomic mass is 15.5. The molecular weight excluding hydrogens is 202 g/mol. The van der Waals surface area contributed by atoms with E-state index in [1.54, 1.807) is 6.20 Å². The van der Waals surface area contributed by atoms with E-state index in [-0.39, 0.29) is 0 Å². The van der Waals surface area contributed by atoms with Gasteiger partial charge in [0.2, 0.25) is 0 Å². The average Bonchev–Trinajstić information content (AvgIpc) is 2.77.